The second kappa shape index (κ2) is 8.21. The van der Waals surface area contributed by atoms with Crippen molar-refractivity contribution in [1.82, 2.24) is 9.21 Å². The average molecular weight is 410 g/mol. The van der Waals surface area contributed by atoms with E-state index in [1.54, 1.807) is 29.4 Å². The molecule has 7 heteroatoms. The maximum Gasteiger partial charge on any atom is 0.146 e. The van der Waals surface area contributed by atoms with Gasteiger partial charge in [-0.2, -0.15) is 0 Å². The van der Waals surface area contributed by atoms with E-state index in [0.29, 0.717) is 0 Å². The van der Waals surface area contributed by atoms with Crippen molar-refractivity contribution in [2.45, 2.75) is 10.6 Å². The summed E-state index contributed by atoms with van der Waals surface area (Å²) in [5.74, 6) is -0.122. The van der Waals surface area contributed by atoms with Crippen LogP contribution in [-0.2, 0) is 0 Å². The number of nitrogens with zero attached hydrogens (tertiary/aromatic N) is 3. The first-order chi connectivity index (χ1) is 12.7. The summed E-state index contributed by atoms with van der Waals surface area (Å²) >= 11 is 9.51. The summed E-state index contributed by atoms with van der Waals surface area (Å²) in [6.45, 7) is 5.84. The Balaban J connectivity index is 1.21. The SMILES string of the molecule is Fc1ccccc1N1CCN(CCCN2C=Cc3cc(Cl)sc3S2)CC1. The number of benzene rings is 1. The molecule has 3 nitrogen and oxygen atoms in total. The Labute approximate surface area is 167 Å². The second-order valence-corrected chi connectivity index (χ2v) is 9.48. The Morgan fingerprint density at radius 1 is 1.08 bits per heavy atom. The lowest BCUT2D eigenvalue weighted by molar-refractivity contribution is 0.250. The average Bonchev–Trinajstić information content (AvgIpc) is 3.02. The lowest BCUT2D eigenvalue weighted by atomic mass is 10.2. The Morgan fingerprint density at radius 3 is 2.69 bits per heavy atom. The fourth-order valence-corrected chi connectivity index (χ4v) is 5.92. The highest BCUT2D eigenvalue weighted by atomic mass is 35.5. The van der Waals surface area contributed by atoms with Gasteiger partial charge in [0.1, 0.15) is 5.82 Å². The molecule has 2 aliphatic heterocycles. The normalized spacial score (nSPS) is 17.6. The van der Waals surface area contributed by atoms with Gasteiger partial charge in [0.05, 0.1) is 14.2 Å². The molecule has 0 aliphatic carbocycles. The summed E-state index contributed by atoms with van der Waals surface area (Å²) in [5.41, 5.74) is 1.96. The van der Waals surface area contributed by atoms with Crippen molar-refractivity contribution in [1.29, 1.82) is 0 Å². The number of piperazine rings is 1. The molecule has 138 valence electrons. The van der Waals surface area contributed by atoms with Crippen LogP contribution in [0.5, 0.6) is 0 Å². The van der Waals surface area contributed by atoms with Crippen molar-refractivity contribution in [3.63, 3.8) is 0 Å². The van der Waals surface area contributed by atoms with Gasteiger partial charge in [-0.25, -0.2) is 4.39 Å². The predicted molar refractivity (Wildman–Crippen MR) is 111 cm³/mol. The maximum atomic E-state index is 13.9. The van der Waals surface area contributed by atoms with Gasteiger partial charge in [0, 0.05) is 44.5 Å². The van der Waals surface area contributed by atoms with Crippen LogP contribution in [0, 0.1) is 5.82 Å². The third kappa shape index (κ3) is 4.19. The molecule has 0 spiro atoms. The molecule has 1 aromatic carbocycles. The van der Waals surface area contributed by atoms with Crippen molar-refractivity contribution in [3.8, 4) is 0 Å². The molecule has 0 unspecified atom stereocenters. The number of para-hydroxylation sites is 1. The van der Waals surface area contributed by atoms with Crippen LogP contribution in [0.2, 0.25) is 4.34 Å². The van der Waals surface area contributed by atoms with E-state index in [4.69, 9.17) is 11.6 Å². The zero-order valence-electron chi connectivity index (χ0n) is 14.4. The molecule has 1 fully saturated rings. The number of hydrogen-bond donors (Lipinski definition) is 0. The van der Waals surface area contributed by atoms with Crippen LogP contribution in [0.4, 0.5) is 10.1 Å². The van der Waals surface area contributed by atoms with Crippen molar-refractivity contribution >= 4 is 46.6 Å². The number of rotatable bonds is 5. The van der Waals surface area contributed by atoms with Crippen LogP contribution >= 0.6 is 34.9 Å². The van der Waals surface area contributed by atoms with Crippen LogP contribution in [0.15, 0.2) is 40.7 Å². The summed E-state index contributed by atoms with van der Waals surface area (Å²) < 4.78 is 18.3. The molecule has 0 saturated carbocycles. The molecule has 0 atom stereocenters. The van der Waals surface area contributed by atoms with Crippen LogP contribution in [0.25, 0.3) is 6.08 Å². The monoisotopic (exact) mass is 409 g/mol. The van der Waals surface area contributed by atoms with E-state index in [9.17, 15) is 4.39 Å². The number of anilines is 1. The van der Waals surface area contributed by atoms with Gasteiger partial charge in [0.25, 0.3) is 0 Å². The Kier molecular flexibility index (Phi) is 5.74. The van der Waals surface area contributed by atoms with Crippen LogP contribution in [0.3, 0.4) is 0 Å². The van der Waals surface area contributed by atoms with Crippen LogP contribution in [0.1, 0.15) is 12.0 Å². The highest BCUT2D eigenvalue weighted by Crippen LogP contribution is 2.40. The van der Waals surface area contributed by atoms with Gasteiger partial charge in [-0.3, -0.25) is 4.90 Å². The smallest absolute Gasteiger partial charge is 0.146 e. The van der Waals surface area contributed by atoms with E-state index < -0.39 is 0 Å². The van der Waals surface area contributed by atoms with Crippen molar-refractivity contribution in [3.05, 3.63) is 52.2 Å². The van der Waals surface area contributed by atoms with Crippen LogP contribution < -0.4 is 4.90 Å². The topological polar surface area (TPSA) is 9.72 Å². The summed E-state index contributed by atoms with van der Waals surface area (Å²) in [6.07, 6.45) is 5.40. The minimum Gasteiger partial charge on any atom is -0.367 e. The molecular weight excluding hydrogens is 389 g/mol. The lowest BCUT2D eigenvalue weighted by Crippen LogP contribution is -2.47. The van der Waals surface area contributed by atoms with E-state index in [1.807, 2.05) is 18.2 Å². The minimum atomic E-state index is -0.122. The molecule has 0 N–H and O–H groups in total. The first-order valence-corrected chi connectivity index (χ1v) is 10.8. The van der Waals surface area contributed by atoms with Crippen molar-refractivity contribution < 1.29 is 4.39 Å². The Hall–Kier alpha value is -1.21. The standard InChI is InChI=1S/C19H21ClFN3S2/c20-18-14-15-6-9-24(26-19(15)25-18)8-3-7-22-10-12-23(13-11-22)17-5-2-1-4-16(17)21/h1-2,4-6,9,14H,3,7-8,10-13H2. The van der Waals surface area contributed by atoms with E-state index in [2.05, 4.69) is 26.4 Å². The molecule has 0 amide bonds. The zero-order valence-corrected chi connectivity index (χ0v) is 16.8. The molecule has 2 aromatic rings. The number of fused-ring (bicyclic) bond motifs is 1. The van der Waals surface area contributed by atoms with Crippen molar-refractivity contribution in [2.24, 2.45) is 0 Å². The third-order valence-electron chi connectivity index (χ3n) is 4.73. The summed E-state index contributed by atoms with van der Waals surface area (Å²) in [5, 5.41) is 0. The molecule has 2 aliphatic rings. The van der Waals surface area contributed by atoms with Gasteiger partial charge in [0.2, 0.25) is 0 Å². The maximum absolute atomic E-state index is 13.9. The van der Waals surface area contributed by atoms with E-state index in [-0.39, 0.29) is 5.82 Å². The highest BCUT2D eigenvalue weighted by molar-refractivity contribution is 7.99. The Morgan fingerprint density at radius 2 is 1.88 bits per heavy atom. The van der Waals surface area contributed by atoms with E-state index >= 15 is 0 Å². The molecule has 1 aromatic heterocycles. The molecule has 0 radical (unpaired) electrons. The third-order valence-corrected chi connectivity index (χ3v) is 7.22. The van der Waals surface area contributed by atoms with Crippen LogP contribution in [-0.4, -0.2) is 48.5 Å². The van der Waals surface area contributed by atoms with Gasteiger partial charge < -0.3 is 9.21 Å². The molecular formula is C19H21ClFN3S2. The summed E-state index contributed by atoms with van der Waals surface area (Å²) in [4.78, 5) is 4.63. The molecule has 3 heterocycles. The molecule has 26 heavy (non-hydrogen) atoms. The van der Waals surface area contributed by atoms with E-state index in [1.165, 1.54) is 15.8 Å². The number of thiophene rings is 1. The van der Waals surface area contributed by atoms with Gasteiger partial charge in [-0.15, -0.1) is 11.3 Å². The molecule has 0 bridgehead atoms. The molecule has 1 saturated heterocycles. The predicted octanol–water partition coefficient (Wildman–Crippen LogP) is 5.05. The second-order valence-electron chi connectivity index (χ2n) is 6.47. The first kappa shape index (κ1) is 18.2. The first-order valence-electron chi connectivity index (χ1n) is 8.83. The van der Waals surface area contributed by atoms with Gasteiger partial charge in [0.15, 0.2) is 0 Å². The Bertz CT molecular complexity index is 787. The fraction of sp³-hybridized carbons (Fsp3) is 0.368. The highest BCUT2D eigenvalue weighted by Gasteiger charge is 2.20. The van der Waals surface area contributed by atoms with Crippen molar-refractivity contribution in [2.75, 3.05) is 44.2 Å². The number of hydrogen-bond acceptors (Lipinski definition) is 5. The number of halogens is 2. The van der Waals surface area contributed by atoms with Gasteiger partial charge in [-0.1, -0.05) is 23.7 Å². The zero-order chi connectivity index (χ0) is 17.9. The quantitative estimate of drug-likeness (QED) is 0.639. The van der Waals surface area contributed by atoms with Gasteiger partial charge >= 0.3 is 0 Å². The fourth-order valence-electron chi connectivity index (χ4n) is 3.34. The largest absolute Gasteiger partial charge is 0.367 e. The lowest BCUT2D eigenvalue weighted by Gasteiger charge is -2.36. The van der Waals surface area contributed by atoms with Gasteiger partial charge in [-0.05, 0) is 49.2 Å². The summed E-state index contributed by atoms with van der Waals surface area (Å²) in [7, 11) is 0. The molecule has 4 rings (SSSR count). The summed E-state index contributed by atoms with van der Waals surface area (Å²) in [6, 6.07) is 9.08. The van der Waals surface area contributed by atoms with E-state index in [0.717, 1.165) is 55.7 Å². The minimum absolute atomic E-state index is 0.122.